The summed E-state index contributed by atoms with van der Waals surface area (Å²) >= 11 is 0. The lowest BCUT2D eigenvalue weighted by Gasteiger charge is -1.88. The molecule has 3 aromatic rings. The molecule has 2 aromatic heterocycles. The zero-order valence-electron chi connectivity index (χ0n) is 7.16. The Morgan fingerprint density at radius 3 is 2.93 bits per heavy atom. The molecule has 0 amide bonds. The van der Waals surface area contributed by atoms with Crippen LogP contribution in [-0.4, -0.2) is 15.0 Å². The van der Waals surface area contributed by atoms with Gasteiger partial charge in [0.05, 0.1) is 11.7 Å². The van der Waals surface area contributed by atoms with Crippen molar-refractivity contribution in [3.63, 3.8) is 0 Å². The van der Waals surface area contributed by atoms with Crippen molar-refractivity contribution < 1.29 is 4.39 Å². The minimum absolute atomic E-state index is 0.633. The first-order valence-corrected chi connectivity index (χ1v) is 4.23. The standard InChI is InChI=1S/C10H6FN3/c11-10-12-5-8-9(14-10)6-3-1-2-4-7(6)13-8/h1-5,13H. The van der Waals surface area contributed by atoms with Crippen molar-refractivity contribution in [1.82, 2.24) is 15.0 Å². The summed E-state index contributed by atoms with van der Waals surface area (Å²) in [5.74, 6) is 0. The molecule has 0 bridgehead atoms. The Balaban J connectivity index is 2.58. The van der Waals surface area contributed by atoms with Gasteiger partial charge < -0.3 is 4.98 Å². The van der Waals surface area contributed by atoms with Crippen LogP contribution < -0.4 is 0 Å². The molecule has 2 heterocycles. The van der Waals surface area contributed by atoms with Crippen molar-refractivity contribution in [2.75, 3.05) is 0 Å². The van der Waals surface area contributed by atoms with Gasteiger partial charge in [0.15, 0.2) is 0 Å². The average Bonchev–Trinajstić information content (AvgIpc) is 2.56. The van der Waals surface area contributed by atoms with E-state index in [1.807, 2.05) is 24.3 Å². The summed E-state index contributed by atoms with van der Waals surface area (Å²) in [4.78, 5) is 10.4. The Bertz CT molecular complexity index is 615. The third-order valence-electron chi connectivity index (χ3n) is 2.21. The van der Waals surface area contributed by atoms with Crippen LogP contribution in [0.15, 0.2) is 30.5 Å². The fourth-order valence-electron chi connectivity index (χ4n) is 1.60. The molecule has 0 unspecified atom stereocenters. The van der Waals surface area contributed by atoms with Gasteiger partial charge in [0.2, 0.25) is 0 Å². The average molecular weight is 187 g/mol. The van der Waals surface area contributed by atoms with Crippen molar-refractivity contribution >= 4 is 21.9 Å². The second-order valence-electron chi connectivity index (χ2n) is 3.07. The molecule has 0 atom stereocenters. The van der Waals surface area contributed by atoms with Gasteiger partial charge in [-0.25, -0.2) is 4.98 Å². The van der Waals surface area contributed by atoms with Crippen LogP contribution in [0.25, 0.3) is 21.9 Å². The monoisotopic (exact) mass is 187 g/mol. The first kappa shape index (κ1) is 7.44. The topological polar surface area (TPSA) is 41.6 Å². The molecule has 4 heteroatoms. The van der Waals surface area contributed by atoms with Crippen molar-refractivity contribution in [1.29, 1.82) is 0 Å². The fourth-order valence-corrected chi connectivity index (χ4v) is 1.60. The molecular weight excluding hydrogens is 181 g/mol. The van der Waals surface area contributed by atoms with Crippen molar-refractivity contribution in [3.8, 4) is 0 Å². The van der Waals surface area contributed by atoms with E-state index in [9.17, 15) is 4.39 Å². The molecular formula is C10H6FN3. The Morgan fingerprint density at radius 1 is 1.14 bits per heavy atom. The summed E-state index contributed by atoms with van der Waals surface area (Å²) < 4.78 is 12.8. The third kappa shape index (κ3) is 0.907. The van der Waals surface area contributed by atoms with Crippen LogP contribution in [0.1, 0.15) is 0 Å². The van der Waals surface area contributed by atoms with Gasteiger partial charge >= 0.3 is 6.08 Å². The normalized spacial score (nSPS) is 11.2. The van der Waals surface area contributed by atoms with E-state index in [1.165, 1.54) is 6.20 Å². The quantitative estimate of drug-likeness (QED) is 0.548. The highest BCUT2D eigenvalue weighted by Crippen LogP contribution is 2.22. The van der Waals surface area contributed by atoms with E-state index < -0.39 is 6.08 Å². The molecule has 3 rings (SSSR count). The van der Waals surface area contributed by atoms with Gasteiger partial charge in [0, 0.05) is 10.9 Å². The minimum atomic E-state index is -0.692. The lowest BCUT2D eigenvalue weighted by Crippen LogP contribution is -1.86. The number of aromatic nitrogens is 3. The molecule has 0 aliphatic carbocycles. The minimum Gasteiger partial charge on any atom is -0.352 e. The summed E-state index contributed by atoms with van der Waals surface area (Å²) in [5, 5.41) is 0.920. The third-order valence-corrected chi connectivity index (χ3v) is 2.21. The number of hydrogen-bond donors (Lipinski definition) is 1. The van der Waals surface area contributed by atoms with E-state index in [2.05, 4.69) is 15.0 Å². The van der Waals surface area contributed by atoms with Crippen LogP contribution in [-0.2, 0) is 0 Å². The maximum Gasteiger partial charge on any atom is 0.309 e. The maximum atomic E-state index is 12.8. The Hall–Kier alpha value is -1.97. The molecule has 68 valence electrons. The van der Waals surface area contributed by atoms with Gasteiger partial charge in [-0.15, -0.1) is 0 Å². The maximum absolute atomic E-state index is 12.8. The van der Waals surface area contributed by atoms with E-state index in [0.29, 0.717) is 5.52 Å². The number of halogens is 1. The SMILES string of the molecule is Fc1ncc2[nH]c3ccccc3c2n1. The van der Waals surface area contributed by atoms with Crippen molar-refractivity contribution in [2.24, 2.45) is 0 Å². The van der Waals surface area contributed by atoms with Crippen LogP contribution >= 0.6 is 0 Å². The summed E-state index contributed by atoms with van der Waals surface area (Å²) in [6.07, 6.45) is 0.764. The largest absolute Gasteiger partial charge is 0.352 e. The first-order valence-electron chi connectivity index (χ1n) is 4.23. The van der Waals surface area contributed by atoms with Gasteiger partial charge in [-0.2, -0.15) is 9.37 Å². The number of nitrogens with one attached hydrogen (secondary N) is 1. The highest BCUT2D eigenvalue weighted by atomic mass is 19.1. The summed E-state index contributed by atoms with van der Waals surface area (Å²) in [5.41, 5.74) is 2.34. The molecule has 1 N–H and O–H groups in total. The Kier molecular flexibility index (Phi) is 1.33. The van der Waals surface area contributed by atoms with Crippen LogP contribution in [0.4, 0.5) is 4.39 Å². The number of hydrogen-bond acceptors (Lipinski definition) is 2. The van der Waals surface area contributed by atoms with Crippen LogP contribution in [0.2, 0.25) is 0 Å². The zero-order valence-corrected chi connectivity index (χ0v) is 7.16. The van der Waals surface area contributed by atoms with E-state index in [4.69, 9.17) is 0 Å². The second kappa shape index (κ2) is 2.51. The molecule has 0 spiro atoms. The number of benzene rings is 1. The van der Waals surface area contributed by atoms with E-state index >= 15 is 0 Å². The number of nitrogens with zero attached hydrogens (tertiary/aromatic N) is 2. The first-order chi connectivity index (χ1) is 6.84. The molecule has 0 aliphatic rings. The van der Waals surface area contributed by atoms with E-state index in [0.717, 1.165) is 16.4 Å². The zero-order chi connectivity index (χ0) is 9.54. The number of rotatable bonds is 0. The molecule has 0 saturated carbocycles. The highest BCUT2D eigenvalue weighted by Gasteiger charge is 2.05. The van der Waals surface area contributed by atoms with Gasteiger partial charge in [0.25, 0.3) is 0 Å². The molecule has 0 saturated heterocycles. The smallest absolute Gasteiger partial charge is 0.309 e. The molecule has 0 radical (unpaired) electrons. The number of para-hydroxylation sites is 1. The highest BCUT2D eigenvalue weighted by molar-refractivity contribution is 6.04. The lowest BCUT2D eigenvalue weighted by atomic mass is 10.2. The summed E-state index contributed by atoms with van der Waals surface area (Å²) in [6.45, 7) is 0. The molecule has 0 fully saturated rings. The van der Waals surface area contributed by atoms with E-state index in [1.54, 1.807) is 0 Å². The fraction of sp³-hybridized carbons (Fsp3) is 0. The van der Waals surface area contributed by atoms with Crippen LogP contribution in [0.5, 0.6) is 0 Å². The van der Waals surface area contributed by atoms with Crippen molar-refractivity contribution in [3.05, 3.63) is 36.5 Å². The van der Waals surface area contributed by atoms with Gasteiger partial charge in [0.1, 0.15) is 5.52 Å². The number of aromatic amines is 1. The molecule has 0 aliphatic heterocycles. The molecule has 14 heavy (non-hydrogen) atoms. The lowest BCUT2D eigenvalue weighted by molar-refractivity contribution is 0.545. The predicted molar refractivity (Wildman–Crippen MR) is 51.4 cm³/mol. The Labute approximate surface area is 78.6 Å². The number of H-pyrrole nitrogens is 1. The predicted octanol–water partition coefficient (Wildman–Crippen LogP) is 2.25. The molecule has 1 aromatic carbocycles. The van der Waals surface area contributed by atoms with Crippen LogP contribution in [0, 0.1) is 6.08 Å². The van der Waals surface area contributed by atoms with Crippen LogP contribution in [0.3, 0.4) is 0 Å². The van der Waals surface area contributed by atoms with Gasteiger partial charge in [-0.05, 0) is 6.07 Å². The second-order valence-corrected chi connectivity index (χ2v) is 3.07. The summed E-state index contributed by atoms with van der Waals surface area (Å²) in [6, 6.07) is 7.65. The van der Waals surface area contributed by atoms with Gasteiger partial charge in [-0.3, -0.25) is 0 Å². The number of fused-ring (bicyclic) bond motifs is 3. The summed E-state index contributed by atoms with van der Waals surface area (Å²) in [7, 11) is 0. The van der Waals surface area contributed by atoms with Crippen molar-refractivity contribution in [2.45, 2.75) is 0 Å². The molecule has 3 nitrogen and oxygen atoms in total. The van der Waals surface area contributed by atoms with E-state index in [-0.39, 0.29) is 0 Å². The van der Waals surface area contributed by atoms with Gasteiger partial charge in [-0.1, -0.05) is 18.2 Å². The Morgan fingerprint density at radius 2 is 2.00 bits per heavy atom.